The standard InChI is InChI=1S/C14H24N2O3.2ClH/c1-3-16(4-2)6-5-15-10-14(19)11-7-12(17)9-13(18)8-11;;/h7-9,14-15,17-19H,3-6,10H2,1-2H3;2*1H. The zero-order chi connectivity index (χ0) is 14.3. The number of phenols is 2. The highest BCUT2D eigenvalue weighted by Crippen LogP contribution is 2.23. The molecule has 0 spiro atoms. The summed E-state index contributed by atoms with van der Waals surface area (Å²) in [4.78, 5) is 1.54. The molecule has 21 heavy (non-hydrogen) atoms. The fourth-order valence-corrected chi connectivity index (χ4v) is 2.13. The van der Waals surface area contributed by atoms with Crippen LogP contribution in [0.4, 0.5) is 0 Å². The van der Waals surface area contributed by atoms with Crippen molar-refractivity contribution in [3.05, 3.63) is 23.8 Å². The second-order valence-corrected chi connectivity index (χ2v) is 4.82. The van der Waals surface area contributed by atoms with Gasteiger partial charge >= 0.3 is 0 Å². The van der Waals surface area contributed by atoms with Gasteiger partial charge in [-0.25, -0.2) is 0 Å². The molecule has 7 heteroatoms. The van der Waals surface area contributed by atoms with Gasteiger partial charge < -0.3 is 50.4 Å². The van der Waals surface area contributed by atoms with E-state index in [1.54, 1.807) is 4.90 Å². The van der Waals surface area contributed by atoms with Gasteiger partial charge in [-0.2, -0.15) is 0 Å². The monoisotopic (exact) mass is 340 g/mol. The van der Waals surface area contributed by atoms with E-state index < -0.39 is 6.10 Å². The van der Waals surface area contributed by atoms with E-state index in [4.69, 9.17) is 0 Å². The van der Waals surface area contributed by atoms with Gasteiger partial charge in [0.1, 0.15) is 37.2 Å². The highest BCUT2D eigenvalue weighted by atomic mass is 35.5. The van der Waals surface area contributed by atoms with E-state index in [1.807, 2.05) is 0 Å². The highest BCUT2D eigenvalue weighted by Gasteiger charge is 2.12. The predicted molar refractivity (Wildman–Crippen MR) is 73.3 cm³/mol. The van der Waals surface area contributed by atoms with Gasteiger partial charge in [0.15, 0.2) is 0 Å². The Balaban J connectivity index is 0. The number of halogens is 2. The maximum absolute atomic E-state index is 9.99. The van der Waals surface area contributed by atoms with Crippen LogP contribution in [-0.4, -0.2) is 48.0 Å². The summed E-state index contributed by atoms with van der Waals surface area (Å²) in [6, 6.07) is 4.21. The molecule has 0 aliphatic carbocycles. The van der Waals surface area contributed by atoms with Crippen molar-refractivity contribution >= 4 is 0 Å². The number of aliphatic hydroxyl groups excluding tert-OH is 1. The van der Waals surface area contributed by atoms with Gasteiger partial charge in [-0.05, 0) is 31.5 Å². The molecular weight excluding hydrogens is 315 g/mol. The summed E-state index contributed by atoms with van der Waals surface area (Å²) in [6.07, 6.45) is -0.676. The van der Waals surface area contributed by atoms with Crippen LogP contribution in [0, 0.1) is 0 Å². The number of hydrogen-bond donors (Lipinski definition) is 5. The first kappa shape index (κ1) is 22.6. The summed E-state index contributed by atoms with van der Waals surface area (Å²) >= 11 is 0. The molecular formula is C14H26Cl2N2O3. The maximum Gasteiger partial charge on any atom is 0.128 e. The van der Waals surface area contributed by atoms with Crippen LogP contribution in [0.3, 0.4) is 0 Å². The quantitative estimate of drug-likeness (QED) is 0.305. The van der Waals surface area contributed by atoms with Crippen LogP contribution in [0.1, 0.15) is 25.5 Å². The molecule has 0 aliphatic heterocycles. The second-order valence-electron chi connectivity index (χ2n) is 4.82. The Labute approximate surface area is 138 Å². The van der Waals surface area contributed by atoms with Crippen LogP contribution >= 0.6 is 0 Å². The van der Waals surface area contributed by atoms with E-state index in [1.165, 1.54) is 18.2 Å². The van der Waals surface area contributed by atoms with E-state index in [2.05, 4.69) is 19.2 Å². The Hall–Kier alpha value is -0.720. The molecule has 6 N–H and O–H groups in total. The Morgan fingerprint density at radius 2 is 1.57 bits per heavy atom. The Kier molecular flexibility index (Phi) is 12.8. The smallest absolute Gasteiger partial charge is 0.128 e. The van der Waals surface area contributed by atoms with Crippen molar-refractivity contribution in [1.82, 2.24) is 0 Å². The molecule has 0 aliphatic rings. The molecule has 0 aromatic heterocycles. The first-order chi connectivity index (χ1) is 9.06. The number of nitrogens with one attached hydrogen (secondary N) is 1. The maximum atomic E-state index is 9.99. The molecule has 0 saturated carbocycles. The fraction of sp³-hybridized carbons (Fsp3) is 0.571. The molecule has 0 heterocycles. The molecule has 0 amide bonds. The fourth-order valence-electron chi connectivity index (χ4n) is 2.13. The van der Waals surface area contributed by atoms with Crippen molar-refractivity contribution in [3.8, 4) is 11.5 Å². The lowest BCUT2D eigenvalue weighted by molar-refractivity contribution is -0.909. The van der Waals surface area contributed by atoms with Gasteiger partial charge in [-0.15, -0.1) is 0 Å². The molecule has 124 valence electrons. The number of hydrogen-bond acceptors (Lipinski definition) is 3. The molecule has 1 aromatic rings. The van der Waals surface area contributed by atoms with Crippen LogP contribution in [0.25, 0.3) is 0 Å². The lowest BCUT2D eigenvalue weighted by Gasteiger charge is -2.15. The third-order valence-electron chi connectivity index (χ3n) is 3.40. The van der Waals surface area contributed by atoms with E-state index in [9.17, 15) is 15.3 Å². The van der Waals surface area contributed by atoms with Crippen LogP contribution in [0.2, 0.25) is 0 Å². The first-order valence-electron chi connectivity index (χ1n) is 6.93. The van der Waals surface area contributed by atoms with E-state index in [0.29, 0.717) is 12.1 Å². The molecule has 5 nitrogen and oxygen atoms in total. The molecule has 1 unspecified atom stereocenters. The SMILES string of the molecule is CC[NH+](CC)CC[NH2+]CC(O)c1cc(O)cc(O)c1.[Cl-].[Cl-]. The largest absolute Gasteiger partial charge is 1.00 e. The van der Waals surface area contributed by atoms with Crippen LogP contribution < -0.4 is 35.0 Å². The normalized spacial score (nSPS) is 11.6. The van der Waals surface area contributed by atoms with E-state index >= 15 is 0 Å². The molecule has 1 rings (SSSR count). The van der Waals surface area contributed by atoms with Gasteiger partial charge in [0, 0.05) is 6.07 Å². The minimum absolute atomic E-state index is 0. The van der Waals surface area contributed by atoms with Crippen LogP contribution in [0.15, 0.2) is 18.2 Å². The minimum atomic E-state index is -0.676. The number of aromatic hydroxyl groups is 2. The summed E-state index contributed by atoms with van der Waals surface area (Å²) in [7, 11) is 0. The van der Waals surface area contributed by atoms with Gasteiger partial charge in [-0.1, -0.05) is 0 Å². The molecule has 0 fully saturated rings. The second kappa shape index (κ2) is 11.9. The summed E-state index contributed by atoms with van der Waals surface area (Å²) in [6.45, 7) is 9.14. The topological polar surface area (TPSA) is 81.7 Å². The van der Waals surface area contributed by atoms with E-state index in [0.717, 1.165) is 26.2 Å². The third-order valence-corrected chi connectivity index (χ3v) is 3.40. The van der Waals surface area contributed by atoms with Gasteiger partial charge in [0.05, 0.1) is 13.1 Å². The number of aliphatic hydroxyl groups is 1. The number of likely N-dealkylation sites (N-methyl/N-ethyl adjacent to an activating group) is 1. The molecule has 0 saturated heterocycles. The van der Waals surface area contributed by atoms with Crippen molar-refractivity contribution in [3.63, 3.8) is 0 Å². The van der Waals surface area contributed by atoms with Crippen LogP contribution in [-0.2, 0) is 0 Å². The van der Waals surface area contributed by atoms with Crippen molar-refractivity contribution < 1.29 is 50.4 Å². The lowest BCUT2D eigenvalue weighted by atomic mass is 10.1. The highest BCUT2D eigenvalue weighted by molar-refractivity contribution is 5.37. The predicted octanol–water partition coefficient (Wildman–Crippen LogP) is -7.37. The number of nitrogens with two attached hydrogens (primary N) is 1. The summed E-state index contributed by atoms with van der Waals surface area (Å²) in [5.41, 5.74) is 0.545. The Bertz CT molecular complexity index is 370. The zero-order valence-electron chi connectivity index (χ0n) is 12.5. The van der Waals surface area contributed by atoms with Gasteiger partial charge in [0.25, 0.3) is 0 Å². The average molecular weight is 341 g/mol. The lowest BCUT2D eigenvalue weighted by Crippen LogP contribution is -3.14. The van der Waals surface area contributed by atoms with Gasteiger partial charge in [-0.3, -0.25) is 0 Å². The molecule has 1 atom stereocenters. The summed E-state index contributed by atoms with van der Waals surface area (Å²) < 4.78 is 0. The van der Waals surface area contributed by atoms with Crippen molar-refractivity contribution in [2.45, 2.75) is 20.0 Å². The average Bonchev–Trinajstić information content (AvgIpc) is 2.37. The molecule has 0 radical (unpaired) electrons. The number of quaternary nitrogens is 2. The summed E-state index contributed by atoms with van der Waals surface area (Å²) in [5.74, 6) is -0.0525. The molecule has 1 aromatic carbocycles. The minimum Gasteiger partial charge on any atom is -1.00 e. The van der Waals surface area contributed by atoms with Crippen molar-refractivity contribution in [2.75, 3.05) is 32.7 Å². The van der Waals surface area contributed by atoms with E-state index in [-0.39, 0.29) is 36.3 Å². The molecule has 0 bridgehead atoms. The van der Waals surface area contributed by atoms with Gasteiger partial charge in [0.2, 0.25) is 0 Å². The Morgan fingerprint density at radius 1 is 1.05 bits per heavy atom. The zero-order valence-corrected chi connectivity index (χ0v) is 14.0. The number of rotatable bonds is 8. The van der Waals surface area contributed by atoms with Crippen molar-refractivity contribution in [1.29, 1.82) is 0 Å². The van der Waals surface area contributed by atoms with Crippen LogP contribution in [0.5, 0.6) is 11.5 Å². The first-order valence-corrected chi connectivity index (χ1v) is 6.93. The number of phenolic OH excluding ortho intramolecular Hbond substituents is 2. The number of benzene rings is 1. The van der Waals surface area contributed by atoms with Crippen molar-refractivity contribution in [2.24, 2.45) is 0 Å². The summed E-state index contributed by atoms with van der Waals surface area (Å²) in [5, 5.41) is 30.8. The third kappa shape index (κ3) is 8.34. The Morgan fingerprint density at radius 3 is 2.05 bits per heavy atom.